The van der Waals surface area contributed by atoms with Gasteiger partial charge in [-0.15, -0.1) is 21.5 Å². The highest BCUT2D eigenvalue weighted by molar-refractivity contribution is 7.07. The molecule has 0 radical (unpaired) electrons. The van der Waals surface area contributed by atoms with Crippen molar-refractivity contribution >= 4 is 39.9 Å². The molecule has 5 aromatic rings. The van der Waals surface area contributed by atoms with Crippen molar-refractivity contribution in [1.82, 2.24) is 24.8 Å². The molecule has 0 aliphatic rings. The fraction of sp³-hybridized carbons (Fsp3) is 0.0476. The molecule has 2 aromatic carbocycles. The summed E-state index contributed by atoms with van der Waals surface area (Å²) in [5.41, 5.74) is 0.995. The van der Waals surface area contributed by atoms with E-state index in [4.69, 9.17) is 4.74 Å². The average Bonchev–Trinajstić information content (AvgIpc) is 3.32. The number of nitrogens with zero attached hydrogens (tertiary/aromatic N) is 3. The quantitative estimate of drug-likeness (QED) is 0.455. The molecule has 9 heteroatoms. The van der Waals surface area contributed by atoms with Crippen LogP contribution in [-0.2, 0) is 0 Å². The van der Waals surface area contributed by atoms with Crippen molar-refractivity contribution in [1.29, 1.82) is 0 Å². The summed E-state index contributed by atoms with van der Waals surface area (Å²) in [5, 5.41) is 12.4. The highest BCUT2D eigenvalue weighted by Gasteiger charge is 2.10. The van der Waals surface area contributed by atoms with E-state index in [-0.39, 0.29) is 11.1 Å². The van der Waals surface area contributed by atoms with Gasteiger partial charge in [0.05, 0.1) is 21.7 Å². The van der Waals surface area contributed by atoms with Crippen LogP contribution in [0.3, 0.4) is 0 Å². The summed E-state index contributed by atoms with van der Waals surface area (Å²) in [6.07, 6.45) is 3.49. The van der Waals surface area contributed by atoms with Crippen LogP contribution in [0.2, 0.25) is 0 Å². The van der Waals surface area contributed by atoms with Crippen LogP contribution in [0.5, 0.6) is 5.75 Å². The molecule has 0 unspecified atom stereocenters. The van der Waals surface area contributed by atoms with Gasteiger partial charge in [-0.1, -0.05) is 30.3 Å². The molecule has 0 fully saturated rings. The Labute approximate surface area is 172 Å². The lowest BCUT2D eigenvalue weighted by atomic mass is 10.2. The van der Waals surface area contributed by atoms with Crippen LogP contribution >= 0.6 is 11.3 Å². The van der Waals surface area contributed by atoms with Gasteiger partial charge < -0.3 is 9.72 Å². The Kier molecular flexibility index (Phi) is 4.29. The number of hydrogen-bond acceptors (Lipinski definition) is 6. The Balaban J connectivity index is 1.63. The Morgan fingerprint density at radius 2 is 1.73 bits per heavy atom. The van der Waals surface area contributed by atoms with Crippen molar-refractivity contribution in [3.05, 3.63) is 89.8 Å². The lowest BCUT2D eigenvalue weighted by Gasteiger charge is -1.99. The largest absolute Gasteiger partial charge is 0.497 e. The predicted octanol–water partition coefficient (Wildman–Crippen LogP) is 0.987. The molecule has 0 spiro atoms. The van der Waals surface area contributed by atoms with Gasteiger partial charge in [0.2, 0.25) is 0 Å². The average molecular weight is 417 g/mol. The molecule has 148 valence electrons. The first kappa shape index (κ1) is 18.1. The number of hydrogen-bond donors (Lipinski definition) is 2. The number of aromatic nitrogens is 5. The van der Waals surface area contributed by atoms with E-state index in [1.54, 1.807) is 31.4 Å². The molecule has 30 heavy (non-hydrogen) atoms. The molecule has 0 aliphatic heterocycles. The van der Waals surface area contributed by atoms with Gasteiger partial charge in [-0.25, -0.2) is 4.52 Å². The number of H-pyrrole nitrogens is 2. The first-order chi connectivity index (χ1) is 14.6. The van der Waals surface area contributed by atoms with E-state index in [1.807, 2.05) is 36.4 Å². The summed E-state index contributed by atoms with van der Waals surface area (Å²) in [6.45, 7) is 0. The van der Waals surface area contributed by atoms with E-state index in [0.717, 1.165) is 11.3 Å². The Morgan fingerprint density at radius 3 is 2.50 bits per heavy atom. The molecule has 2 N–H and O–H groups in total. The van der Waals surface area contributed by atoms with E-state index in [2.05, 4.69) is 20.3 Å². The molecule has 0 atom stereocenters. The third kappa shape index (κ3) is 3.11. The van der Waals surface area contributed by atoms with Gasteiger partial charge in [-0.05, 0) is 29.8 Å². The number of aromatic amines is 2. The van der Waals surface area contributed by atoms with E-state index >= 15 is 0 Å². The molecule has 0 amide bonds. The van der Waals surface area contributed by atoms with Gasteiger partial charge in [0.25, 0.3) is 11.1 Å². The minimum absolute atomic E-state index is 0.199. The molecule has 0 aliphatic carbocycles. The van der Waals surface area contributed by atoms with Gasteiger partial charge in [0.15, 0.2) is 11.5 Å². The van der Waals surface area contributed by atoms with Crippen LogP contribution in [0.1, 0.15) is 11.4 Å². The Bertz CT molecular complexity index is 1620. The second-order valence-electron chi connectivity index (χ2n) is 6.55. The number of rotatable bonds is 3. The van der Waals surface area contributed by atoms with Crippen molar-refractivity contribution in [2.45, 2.75) is 0 Å². The molecular formula is C21H15N5O3S. The third-order valence-electron chi connectivity index (χ3n) is 4.67. The topological polar surface area (TPSA) is 105 Å². The first-order valence-corrected chi connectivity index (χ1v) is 9.87. The fourth-order valence-corrected chi connectivity index (χ4v) is 4.09. The summed E-state index contributed by atoms with van der Waals surface area (Å²) in [4.78, 5) is 27.6. The smallest absolute Gasteiger partial charge is 0.270 e. The van der Waals surface area contributed by atoms with Crippen LogP contribution in [0.25, 0.3) is 28.6 Å². The highest BCUT2D eigenvalue weighted by Crippen LogP contribution is 2.14. The van der Waals surface area contributed by atoms with Crippen LogP contribution < -0.4 is 25.1 Å². The van der Waals surface area contributed by atoms with Crippen LogP contribution in [0.15, 0.2) is 58.1 Å². The monoisotopic (exact) mass is 417 g/mol. The third-order valence-corrected chi connectivity index (χ3v) is 5.63. The van der Waals surface area contributed by atoms with Gasteiger partial charge >= 0.3 is 0 Å². The van der Waals surface area contributed by atoms with Crippen molar-refractivity contribution in [3.63, 3.8) is 0 Å². The molecule has 0 saturated heterocycles. The number of thiazole rings is 1. The first-order valence-electron chi connectivity index (χ1n) is 9.05. The molecule has 8 nitrogen and oxygen atoms in total. The number of ether oxygens (including phenoxy) is 1. The molecule has 0 saturated carbocycles. The zero-order valence-electron chi connectivity index (χ0n) is 15.7. The van der Waals surface area contributed by atoms with Gasteiger partial charge in [-0.3, -0.25) is 14.7 Å². The second-order valence-corrected chi connectivity index (χ2v) is 7.63. The predicted molar refractivity (Wildman–Crippen MR) is 115 cm³/mol. The minimum Gasteiger partial charge on any atom is -0.497 e. The molecule has 5 rings (SSSR count). The van der Waals surface area contributed by atoms with Crippen LogP contribution in [0.4, 0.5) is 0 Å². The fourth-order valence-electron chi connectivity index (χ4n) is 3.21. The van der Waals surface area contributed by atoms with Gasteiger partial charge in [-0.2, -0.15) is 0 Å². The summed E-state index contributed by atoms with van der Waals surface area (Å²) >= 11 is 1.30. The summed E-state index contributed by atoms with van der Waals surface area (Å²) in [6, 6.07) is 14.6. The van der Waals surface area contributed by atoms with Crippen LogP contribution in [-0.4, -0.2) is 31.9 Å². The highest BCUT2D eigenvalue weighted by atomic mass is 32.1. The zero-order valence-corrected chi connectivity index (χ0v) is 16.6. The normalized spacial score (nSPS) is 12.8. The van der Waals surface area contributed by atoms with Crippen molar-refractivity contribution in [3.8, 4) is 5.75 Å². The van der Waals surface area contributed by atoms with E-state index < -0.39 is 0 Å². The molecule has 3 heterocycles. The van der Waals surface area contributed by atoms with Crippen molar-refractivity contribution in [2.75, 3.05) is 7.11 Å². The molecule has 3 aromatic heterocycles. The number of fused-ring (bicyclic) bond motifs is 3. The standard InChI is InChI=1S/C21H15N5O3S/c1-29-13-8-6-12(7-9-13)10-16-21(28)22-18(30-16)11-17-23-24-19-14-4-2-3-5-15(14)20(27)25-26(17)19/h2-11H,1H3,(H,22,28)(H,25,27)/b16-10+,18-11-. The molecular weight excluding hydrogens is 402 g/mol. The lowest BCUT2D eigenvalue weighted by molar-refractivity contribution is 0.415. The van der Waals surface area contributed by atoms with Gasteiger partial charge in [0, 0.05) is 11.5 Å². The maximum atomic E-state index is 12.4. The summed E-state index contributed by atoms with van der Waals surface area (Å²) in [7, 11) is 1.61. The van der Waals surface area contributed by atoms with Crippen molar-refractivity contribution < 1.29 is 4.74 Å². The summed E-state index contributed by atoms with van der Waals surface area (Å²) < 4.78 is 7.83. The Hall–Kier alpha value is -3.98. The summed E-state index contributed by atoms with van der Waals surface area (Å²) in [5.74, 6) is 1.17. The van der Waals surface area contributed by atoms with E-state index in [0.29, 0.717) is 31.4 Å². The second kappa shape index (κ2) is 7.12. The number of methoxy groups -OCH3 is 1. The SMILES string of the molecule is COc1ccc(/C=c2/s/c(=C\c3nnc4c5ccccc5c(=O)[nH]n34)[nH]c2=O)cc1. The van der Waals surface area contributed by atoms with Crippen LogP contribution in [0, 0.1) is 0 Å². The maximum absolute atomic E-state index is 12.4. The number of nitrogens with one attached hydrogen (secondary N) is 2. The maximum Gasteiger partial charge on any atom is 0.270 e. The van der Waals surface area contributed by atoms with Gasteiger partial charge in [0.1, 0.15) is 5.75 Å². The van der Waals surface area contributed by atoms with Crippen molar-refractivity contribution in [2.24, 2.45) is 0 Å². The zero-order chi connectivity index (χ0) is 20.7. The Morgan fingerprint density at radius 1 is 0.967 bits per heavy atom. The van der Waals surface area contributed by atoms with E-state index in [9.17, 15) is 9.59 Å². The number of benzene rings is 2. The molecule has 0 bridgehead atoms. The van der Waals surface area contributed by atoms with E-state index in [1.165, 1.54) is 15.9 Å². The lowest BCUT2D eigenvalue weighted by Crippen LogP contribution is -2.19. The minimum atomic E-state index is -0.235.